The van der Waals surface area contributed by atoms with Gasteiger partial charge in [0.1, 0.15) is 5.75 Å². The van der Waals surface area contributed by atoms with Crippen LogP contribution in [0.2, 0.25) is 0 Å². The van der Waals surface area contributed by atoms with E-state index >= 15 is 0 Å². The lowest BCUT2D eigenvalue weighted by Gasteiger charge is -2.36. The Kier molecular flexibility index (Phi) is 9.35. The fourth-order valence-corrected chi connectivity index (χ4v) is 7.29. The number of fused-ring (bicyclic) bond motifs is 1. The molecule has 5 rings (SSSR count). The molecular weight excluding hydrogens is 516 g/mol. The third-order valence-corrected chi connectivity index (χ3v) is 9.21. The van der Waals surface area contributed by atoms with Crippen molar-refractivity contribution in [1.29, 1.82) is 0 Å². The molecule has 2 aromatic rings. The second-order valence-corrected chi connectivity index (χ2v) is 11.8. The number of hydrogen-bond acceptors (Lipinski definition) is 6. The van der Waals surface area contributed by atoms with Gasteiger partial charge in [-0.1, -0.05) is 62.4 Å². The van der Waals surface area contributed by atoms with Crippen LogP contribution in [-0.4, -0.2) is 55.8 Å². The highest BCUT2D eigenvalue weighted by Gasteiger charge is 2.56. The molecule has 7 heteroatoms. The van der Waals surface area contributed by atoms with Gasteiger partial charge in [0.05, 0.1) is 30.2 Å². The summed E-state index contributed by atoms with van der Waals surface area (Å²) in [5, 5.41) is 32.7. The minimum absolute atomic E-state index is 0.0443. The summed E-state index contributed by atoms with van der Waals surface area (Å²) < 4.78 is 0. The molecule has 4 atom stereocenters. The van der Waals surface area contributed by atoms with Gasteiger partial charge in [0.25, 0.3) is 0 Å². The largest absolute Gasteiger partial charge is 0.507 e. The SMILES string of the molecule is CCCC1=C([C@H](O)CC/C(=C/c2ccccc2O)c2ccccn2)[C@H](CO)[C@@H]2C(=O)N(C3CCCCC3)C(=O)[C@@H]2C1. The van der Waals surface area contributed by atoms with E-state index < -0.39 is 23.9 Å². The van der Waals surface area contributed by atoms with Crippen molar-refractivity contribution in [3.05, 3.63) is 71.1 Å². The van der Waals surface area contributed by atoms with Gasteiger partial charge in [-0.25, -0.2) is 0 Å². The second kappa shape index (κ2) is 13.1. The van der Waals surface area contributed by atoms with Gasteiger partial charge >= 0.3 is 0 Å². The standard InChI is InChI=1S/C34H42N2O5/c1-2-10-24-20-26-32(34(41)36(33(26)40)25-12-4-3-5-13-25)27(21-37)31(24)30(39)17-16-22(28-14-8-9-18-35-28)19-23-11-6-7-15-29(23)38/h6-9,11,14-15,18-19,25-27,30,32,37-39H,2-5,10,12-13,16-17,20-21H2,1H3/b22-19-/t26-,27+,30-,32-/m1/s1. The number of phenolic OH excluding ortho intramolecular Hbond substituents is 1. The van der Waals surface area contributed by atoms with Crippen LogP contribution < -0.4 is 0 Å². The number of hydrogen-bond donors (Lipinski definition) is 3. The fraction of sp³-hybridized carbons (Fsp3) is 0.500. The van der Waals surface area contributed by atoms with Gasteiger partial charge in [-0.2, -0.15) is 0 Å². The molecule has 7 nitrogen and oxygen atoms in total. The number of aromatic hydroxyl groups is 1. The number of para-hydroxylation sites is 1. The van der Waals surface area contributed by atoms with E-state index in [2.05, 4.69) is 11.9 Å². The molecule has 1 aliphatic heterocycles. The Balaban J connectivity index is 1.42. The number of carbonyl (C=O) groups is 2. The van der Waals surface area contributed by atoms with Crippen LogP contribution in [0.5, 0.6) is 5.75 Å². The molecule has 1 saturated carbocycles. The molecule has 2 aliphatic carbocycles. The van der Waals surface area contributed by atoms with Gasteiger partial charge in [-0.15, -0.1) is 0 Å². The summed E-state index contributed by atoms with van der Waals surface area (Å²) in [4.78, 5) is 33.4. The van der Waals surface area contributed by atoms with Crippen molar-refractivity contribution >= 4 is 23.5 Å². The Hall–Kier alpha value is -3.29. The average molecular weight is 559 g/mol. The molecular formula is C34H42N2O5. The average Bonchev–Trinajstić information content (AvgIpc) is 3.25. The molecule has 3 aliphatic rings. The first-order chi connectivity index (χ1) is 19.9. The maximum atomic E-state index is 13.8. The zero-order chi connectivity index (χ0) is 28.9. The molecule has 218 valence electrons. The monoisotopic (exact) mass is 558 g/mol. The molecule has 1 aromatic carbocycles. The molecule has 3 N–H and O–H groups in total. The van der Waals surface area contributed by atoms with Crippen LogP contribution >= 0.6 is 0 Å². The van der Waals surface area contributed by atoms with Crippen LogP contribution in [-0.2, 0) is 9.59 Å². The normalized spacial score (nSPS) is 24.6. The van der Waals surface area contributed by atoms with E-state index in [1.54, 1.807) is 18.3 Å². The number of imide groups is 1. The third kappa shape index (κ3) is 6.02. The second-order valence-electron chi connectivity index (χ2n) is 11.8. The first kappa shape index (κ1) is 29.2. The number of nitrogens with zero attached hydrogens (tertiary/aromatic N) is 2. The Morgan fingerprint density at radius 2 is 1.83 bits per heavy atom. The van der Waals surface area contributed by atoms with Crippen LogP contribution in [0.15, 0.2) is 59.8 Å². The number of benzene rings is 1. The predicted molar refractivity (Wildman–Crippen MR) is 158 cm³/mol. The van der Waals surface area contributed by atoms with Crippen molar-refractivity contribution in [3.8, 4) is 5.75 Å². The van der Waals surface area contributed by atoms with Crippen molar-refractivity contribution in [1.82, 2.24) is 9.88 Å². The van der Waals surface area contributed by atoms with E-state index in [1.807, 2.05) is 36.4 Å². The van der Waals surface area contributed by atoms with Crippen molar-refractivity contribution < 1.29 is 24.9 Å². The smallest absolute Gasteiger partial charge is 0.234 e. The van der Waals surface area contributed by atoms with E-state index in [0.717, 1.165) is 67.4 Å². The first-order valence-corrected chi connectivity index (χ1v) is 15.2. The number of allylic oxidation sites excluding steroid dienone is 2. The zero-order valence-corrected chi connectivity index (χ0v) is 23.9. The molecule has 1 aromatic heterocycles. The van der Waals surface area contributed by atoms with Crippen LogP contribution in [0.25, 0.3) is 11.6 Å². The predicted octanol–water partition coefficient (Wildman–Crippen LogP) is 5.51. The van der Waals surface area contributed by atoms with Gasteiger partial charge in [0.15, 0.2) is 0 Å². The number of likely N-dealkylation sites (tertiary alicyclic amines) is 1. The molecule has 0 unspecified atom stereocenters. The Morgan fingerprint density at radius 1 is 1.07 bits per heavy atom. The summed E-state index contributed by atoms with van der Waals surface area (Å²) in [7, 11) is 0. The van der Waals surface area contributed by atoms with Crippen molar-refractivity contribution in [2.75, 3.05) is 6.61 Å². The molecule has 0 spiro atoms. The molecule has 2 heterocycles. The van der Waals surface area contributed by atoms with Gasteiger partial charge in [-0.05, 0) is 73.9 Å². The van der Waals surface area contributed by atoms with Crippen LogP contribution in [0.4, 0.5) is 0 Å². The molecule has 0 radical (unpaired) electrons. The highest BCUT2D eigenvalue weighted by Crippen LogP contribution is 2.48. The lowest BCUT2D eigenvalue weighted by molar-refractivity contribution is -0.143. The van der Waals surface area contributed by atoms with Gasteiger partial charge in [0, 0.05) is 23.7 Å². The number of amides is 2. The summed E-state index contributed by atoms with van der Waals surface area (Å²) in [6.45, 7) is 1.79. The minimum atomic E-state index is -0.877. The number of aliphatic hydroxyl groups excluding tert-OH is 2. The molecule has 1 saturated heterocycles. The van der Waals surface area contributed by atoms with Crippen molar-refractivity contribution in [3.63, 3.8) is 0 Å². The maximum Gasteiger partial charge on any atom is 0.234 e. The third-order valence-electron chi connectivity index (χ3n) is 9.21. The van der Waals surface area contributed by atoms with Crippen LogP contribution in [0.3, 0.4) is 0 Å². The fourth-order valence-electron chi connectivity index (χ4n) is 7.29. The number of aliphatic hydroxyl groups is 2. The maximum absolute atomic E-state index is 13.8. The summed E-state index contributed by atoms with van der Waals surface area (Å²) in [6.07, 6.45) is 10.5. The van der Waals surface area contributed by atoms with Crippen molar-refractivity contribution in [2.45, 2.75) is 83.3 Å². The van der Waals surface area contributed by atoms with E-state index in [9.17, 15) is 24.9 Å². The van der Waals surface area contributed by atoms with Gasteiger partial charge in [0.2, 0.25) is 11.8 Å². The van der Waals surface area contributed by atoms with Crippen LogP contribution in [0, 0.1) is 17.8 Å². The quantitative estimate of drug-likeness (QED) is 0.262. The molecule has 0 bridgehead atoms. The number of phenols is 1. The van der Waals surface area contributed by atoms with E-state index in [0.29, 0.717) is 24.8 Å². The zero-order valence-electron chi connectivity index (χ0n) is 23.9. The highest BCUT2D eigenvalue weighted by atomic mass is 16.3. The summed E-state index contributed by atoms with van der Waals surface area (Å²) >= 11 is 0. The first-order valence-electron chi connectivity index (χ1n) is 15.2. The summed E-state index contributed by atoms with van der Waals surface area (Å²) in [6, 6.07) is 12.7. The van der Waals surface area contributed by atoms with E-state index in [-0.39, 0.29) is 30.2 Å². The summed E-state index contributed by atoms with van der Waals surface area (Å²) in [5.41, 5.74) is 4.04. The number of pyridine rings is 1. The number of carbonyl (C=O) groups excluding carboxylic acids is 2. The lowest BCUT2D eigenvalue weighted by Crippen LogP contribution is -2.42. The minimum Gasteiger partial charge on any atom is -0.507 e. The lowest BCUT2D eigenvalue weighted by atomic mass is 9.67. The number of aromatic nitrogens is 1. The van der Waals surface area contributed by atoms with Crippen molar-refractivity contribution in [2.24, 2.45) is 17.8 Å². The van der Waals surface area contributed by atoms with Gasteiger partial charge in [-0.3, -0.25) is 19.5 Å². The topological polar surface area (TPSA) is 111 Å². The number of rotatable bonds is 10. The molecule has 2 fully saturated rings. The highest BCUT2D eigenvalue weighted by molar-refractivity contribution is 6.06. The Morgan fingerprint density at radius 3 is 2.51 bits per heavy atom. The van der Waals surface area contributed by atoms with E-state index in [1.165, 1.54) is 4.90 Å². The molecule has 41 heavy (non-hydrogen) atoms. The van der Waals surface area contributed by atoms with E-state index in [4.69, 9.17) is 0 Å². The summed E-state index contributed by atoms with van der Waals surface area (Å²) in [5.74, 6) is -1.73. The molecule has 2 amide bonds. The Labute approximate surface area is 242 Å². The Bertz CT molecular complexity index is 1300. The van der Waals surface area contributed by atoms with Gasteiger partial charge < -0.3 is 15.3 Å². The van der Waals surface area contributed by atoms with Crippen LogP contribution in [0.1, 0.15) is 82.4 Å².